The smallest absolute Gasteiger partial charge is 0.0476 e. The van der Waals surface area contributed by atoms with Crippen molar-refractivity contribution in [2.75, 3.05) is 24.6 Å². The van der Waals surface area contributed by atoms with E-state index in [4.69, 9.17) is 5.11 Å². The average Bonchev–Trinajstić information content (AvgIpc) is 2.70. The molecule has 1 atom stereocenters. The molecular weight excluding hydrogens is 254 g/mol. The molecule has 1 heterocycles. The van der Waals surface area contributed by atoms with Crippen molar-refractivity contribution >= 4 is 21.6 Å². The van der Waals surface area contributed by atoms with Crippen molar-refractivity contribution in [1.29, 1.82) is 0 Å². The molecule has 0 aromatic heterocycles. The van der Waals surface area contributed by atoms with E-state index in [0.717, 1.165) is 24.0 Å². The summed E-state index contributed by atoms with van der Waals surface area (Å²) < 4.78 is 1.16. The quantitative estimate of drug-likeness (QED) is 0.892. The van der Waals surface area contributed by atoms with Crippen LogP contribution in [0.5, 0.6) is 0 Å². The van der Waals surface area contributed by atoms with E-state index in [0.29, 0.717) is 12.5 Å². The number of anilines is 1. The molecule has 1 aliphatic rings. The Morgan fingerprint density at radius 3 is 3.00 bits per heavy atom. The zero-order chi connectivity index (χ0) is 10.8. The summed E-state index contributed by atoms with van der Waals surface area (Å²) in [5.41, 5.74) is 2.58. The molecule has 3 heteroatoms. The Hall–Kier alpha value is -0.540. The molecule has 82 valence electrons. The van der Waals surface area contributed by atoms with Gasteiger partial charge in [-0.1, -0.05) is 22.0 Å². The summed E-state index contributed by atoms with van der Waals surface area (Å²) in [5.74, 6) is 0.448. The summed E-state index contributed by atoms with van der Waals surface area (Å²) in [7, 11) is 0. The van der Waals surface area contributed by atoms with Gasteiger partial charge >= 0.3 is 0 Å². The van der Waals surface area contributed by atoms with Crippen LogP contribution >= 0.6 is 15.9 Å². The van der Waals surface area contributed by atoms with Gasteiger partial charge in [0.2, 0.25) is 0 Å². The van der Waals surface area contributed by atoms with Crippen molar-refractivity contribution in [3.63, 3.8) is 0 Å². The zero-order valence-electron chi connectivity index (χ0n) is 8.91. The molecule has 0 saturated carbocycles. The maximum absolute atomic E-state index is 9.12. The summed E-state index contributed by atoms with van der Waals surface area (Å²) in [5, 5.41) is 9.12. The molecule has 1 fully saturated rings. The zero-order valence-corrected chi connectivity index (χ0v) is 10.5. The van der Waals surface area contributed by atoms with Gasteiger partial charge in [-0.05, 0) is 31.0 Å². The fraction of sp³-hybridized carbons (Fsp3) is 0.500. The molecule has 2 nitrogen and oxygen atoms in total. The Kier molecular flexibility index (Phi) is 3.32. The third kappa shape index (κ3) is 2.18. The third-order valence-corrected chi connectivity index (χ3v) is 3.98. The lowest BCUT2D eigenvalue weighted by molar-refractivity contribution is 0.238. The van der Waals surface area contributed by atoms with Crippen LogP contribution in [0.3, 0.4) is 0 Å². The van der Waals surface area contributed by atoms with Crippen LogP contribution < -0.4 is 4.90 Å². The van der Waals surface area contributed by atoms with Gasteiger partial charge < -0.3 is 10.0 Å². The predicted octanol–water partition coefficient (Wildman–Crippen LogP) is 2.58. The Bertz CT molecular complexity index is 353. The fourth-order valence-corrected chi connectivity index (χ4v) is 2.49. The van der Waals surface area contributed by atoms with Crippen LogP contribution in [0.25, 0.3) is 0 Å². The van der Waals surface area contributed by atoms with E-state index in [1.165, 1.54) is 11.3 Å². The second-order valence-electron chi connectivity index (χ2n) is 4.17. The first kappa shape index (κ1) is 11.0. The van der Waals surface area contributed by atoms with Gasteiger partial charge in [0, 0.05) is 35.8 Å². The summed E-state index contributed by atoms with van der Waals surface area (Å²) in [6, 6.07) is 6.29. The van der Waals surface area contributed by atoms with Gasteiger partial charge in [0.1, 0.15) is 0 Å². The Balaban J connectivity index is 2.20. The highest BCUT2D eigenvalue weighted by atomic mass is 79.9. The molecule has 0 bridgehead atoms. The maximum Gasteiger partial charge on any atom is 0.0476 e. The number of aliphatic hydroxyl groups is 1. The molecule has 1 aromatic carbocycles. The largest absolute Gasteiger partial charge is 0.396 e. The number of nitrogens with zero attached hydrogens (tertiary/aromatic N) is 1. The topological polar surface area (TPSA) is 23.5 Å². The minimum Gasteiger partial charge on any atom is -0.396 e. The standard InChI is InChI=1S/C12H16BrNO/c1-9-11(13)3-2-4-12(9)14-6-5-10(7-14)8-15/h2-4,10,15H,5-8H2,1H3. The molecule has 0 radical (unpaired) electrons. The first-order valence-electron chi connectivity index (χ1n) is 5.33. The number of rotatable bonds is 2. The molecular formula is C12H16BrNO. The Labute approximate surface area is 99.0 Å². The van der Waals surface area contributed by atoms with Crippen LogP contribution in [0.4, 0.5) is 5.69 Å². The molecule has 1 unspecified atom stereocenters. The monoisotopic (exact) mass is 269 g/mol. The van der Waals surface area contributed by atoms with Gasteiger partial charge in [-0.15, -0.1) is 0 Å². The van der Waals surface area contributed by atoms with Crippen LogP contribution in [0.2, 0.25) is 0 Å². The molecule has 1 N–H and O–H groups in total. The van der Waals surface area contributed by atoms with E-state index >= 15 is 0 Å². The van der Waals surface area contributed by atoms with Gasteiger partial charge in [-0.3, -0.25) is 0 Å². The minimum atomic E-state index is 0.309. The van der Waals surface area contributed by atoms with Gasteiger partial charge in [0.25, 0.3) is 0 Å². The van der Waals surface area contributed by atoms with Crippen LogP contribution in [0.1, 0.15) is 12.0 Å². The van der Waals surface area contributed by atoms with Gasteiger partial charge in [-0.25, -0.2) is 0 Å². The van der Waals surface area contributed by atoms with Crippen molar-refractivity contribution in [3.8, 4) is 0 Å². The van der Waals surface area contributed by atoms with E-state index in [1.54, 1.807) is 0 Å². The van der Waals surface area contributed by atoms with Crippen molar-refractivity contribution < 1.29 is 5.11 Å². The van der Waals surface area contributed by atoms with Crippen molar-refractivity contribution in [1.82, 2.24) is 0 Å². The Morgan fingerprint density at radius 2 is 2.33 bits per heavy atom. The molecule has 1 aliphatic heterocycles. The lowest BCUT2D eigenvalue weighted by Gasteiger charge is -2.21. The molecule has 0 amide bonds. The summed E-state index contributed by atoms with van der Waals surface area (Å²) in [4.78, 5) is 2.36. The second kappa shape index (κ2) is 4.54. The highest BCUT2D eigenvalue weighted by Crippen LogP contribution is 2.30. The normalized spacial score (nSPS) is 21.0. The van der Waals surface area contributed by atoms with Gasteiger partial charge in [0.05, 0.1) is 0 Å². The number of benzene rings is 1. The minimum absolute atomic E-state index is 0.309. The molecule has 2 rings (SSSR count). The maximum atomic E-state index is 9.12. The van der Waals surface area contributed by atoms with Crippen LogP contribution in [-0.2, 0) is 0 Å². The Morgan fingerprint density at radius 1 is 1.53 bits per heavy atom. The first-order chi connectivity index (χ1) is 7.22. The molecule has 0 aliphatic carbocycles. The van der Waals surface area contributed by atoms with Crippen LogP contribution in [0.15, 0.2) is 22.7 Å². The fourth-order valence-electron chi connectivity index (χ4n) is 2.14. The van der Waals surface area contributed by atoms with E-state index < -0.39 is 0 Å². The first-order valence-corrected chi connectivity index (χ1v) is 6.12. The lowest BCUT2D eigenvalue weighted by Crippen LogP contribution is -2.21. The number of hydrogen-bond acceptors (Lipinski definition) is 2. The van der Waals surface area contributed by atoms with Gasteiger partial charge in [0.15, 0.2) is 0 Å². The average molecular weight is 270 g/mol. The molecule has 15 heavy (non-hydrogen) atoms. The van der Waals surface area contributed by atoms with Crippen LogP contribution in [-0.4, -0.2) is 24.8 Å². The number of hydrogen-bond donors (Lipinski definition) is 1. The molecule has 1 aromatic rings. The number of halogens is 1. The van der Waals surface area contributed by atoms with E-state index in [9.17, 15) is 0 Å². The highest BCUT2D eigenvalue weighted by Gasteiger charge is 2.23. The van der Waals surface area contributed by atoms with Gasteiger partial charge in [-0.2, -0.15) is 0 Å². The van der Waals surface area contributed by atoms with Crippen molar-refractivity contribution in [2.45, 2.75) is 13.3 Å². The highest BCUT2D eigenvalue weighted by molar-refractivity contribution is 9.10. The second-order valence-corrected chi connectivity index (χ2v) is 5.02. The summed E-state index contributed by atoms with van der Waals surface area (Å²) in [6.07, 6.45) is 1.10. The third-order valence-electron chi connectivity index (χ3n) is 3.12. The van der Waals surface area contributed by atoms with E-state index in [2.05, 4.69) is 46.0 Å². The van der Waals surface area contributed by atoms with E-state index in [-0.39, 0.29) is 0 Å². The predicted molar refractivity (Wildman–Crippen MR) is 66.3 cm³/mol. The van der Waals surface area contributed by atoms with Crippen molar-refractivity contribution in [3.05, 3.63) is 28.2 Å². The number of aliphatic hydroxyl groups excluding tert-OH is 1. The van der Waals surface area contributed by atoms with Crippen LogP contribution in [0, 0.1) is 12.8 Å². The van der Waals surface area contributed by atoms with E-state index in [1.807, 2.05) is 0 Å². The van der Waals surface area contributed by atoms with Crippen molar-refractivity contribution in [2.24, 2.45) is 5.92 Å². The molecule has 1 saturated heterocycles. The lowest BCUT2D eigenvalue weighted by atomic mass is 10.1. The summed E-state index contributed by atoms with van der Waals surface area (Å²) >= 11 is 3.55. The molecule has 0 spiro atoms. The summed E-state index contributed by atoms with van der Waals surface area (Å²) in [6.45, 7) is 4.48. The SMILES string of the molecule is Cc1c(Br)cccc1N1CCC(CO)C1.